The fourth-order valence-corrected chi connectivity index (χ4v) is 2.81. The summed E-state index contributed by atoms with van der Waals surface area (Å²) < 4.78 is 5.29. The fourth-order valence-electron chi connectivity index (χ4n) is 2.81. The number of likely N-dealkylation sites (tertiary alicyclic amines) is 1. The molecule has 0 spiro atoms. The molecule has 1 saturated heterocycles. The van der Waals surface area contributed by atoms with E-state index in [4.69, 9.17) is 4.74 Å². The molecule has 0 saturated carbocycles. The summed E-state index contributed by atoms with van der Waals surface area (Å²) in [5.74, 6) is 0.687. The Hall–Kier alpha value is -2.04. The van der Waals surface area contributed by atoms with E-state index in [-0.39, 0.29) is 17.7 Å². The number of hydrogen-bond acceptors (Lipinski definition) is 3. The summed E-state index contributed by atoms with van der Waals surface area (Å²) in [7, 11) is 1.64. The third-order valence-corrected chi connectivity index (χ3v) is 3.96. The molecule has 1 aromatic carbocycles. The molecule has 1 aliphatic rings. The van der Waals surface area contributed by atoms with E-state index < -0.39 is 0 Å². The van der Waals surface area contributed by atoms with Crippen LogP contribution >= 0.6 is 0 Å². The summed E-state index contributed by atoms with van der Waals surface area (Å²) in [5, 5.41) is 2.93. The first-order valence-corrected chi connectivity index (χ1v) is 7.83. The van der Waals surface area contributed by atoms with Gasteiger partial charge in [0.05, 0.1) is 13.0 Å². The zero-order chi connectivity index (χ0) is 15.9. The molecule has 1 N–H and O–H groups in total. The molecule has 0 aromatic heterocycles. The maximum Gasteiger partial charge on any atom is 0.225 e. The number of rotatable bonds is 7. The molecule has 0 aliphatic carbocycles. The highest BCUT2D eigenvalue weighted by atomic mass is 16.5. The number of nitrogens with zero attached hydrogens (tertiary/aromatic N) is 1. The molecule has 1 atom stereocenters. The molecular formula is C17H24N2O3. The minimum Gasteiger partial charge on any atom is -0.496 e. The maximum atomic E-state index is 12.2. The van der Waals surface area contributed by atoms with Crippen LogP contribution in [-0.4, -0.2) is 43.5 Å². The highest BCUT2D eigenvalue weighted by molar-refractivity contribution is 5.89. The molecule has 1 aliphatic heterocycles. The number of nitrogens with one attached hydrogen (secondary N) is 1. The monoisotopic (exact) mass is 304 g/mol. The Morgan fingerprint density at radius 2 is 2.18 bits per heavy atom. The van der Waals surface area contributed by atoms with Crippen LogP contribution in [0.3, 0.4) is 0 Å². The van der Waals surface area contributed by atoms with E-state index in [9.17, 15) is 9.59 Å². The van der Waals surface area contributed by atoms with Gasteiger partial charge in [-0.2, -0.15) is 0 Å². The zero-order valence-electron chi connectivity index (χ0n) is 13.3. The number of carbonyl (C=O) groups is 2. The molecule has 5 nitrogen and oxygen atoms in total. The Labute approximate surface area is 131 Å². The minimum absolute atomic E-state index is 0.0261. The number of carbonyl (C=O) groups excluding carboxylic acids is 2. The van der Waals surface area contributed by atoms with Crippen LogP contribution in [-0.2, 0) is 16.0 Å². The Balaban J connectivity index is 1.80. The van der Waals surface area contributed by atoms with E-state index in [1.165, 1.54) is 0 Å². The van der Waals surface area contributed by atoms with Gasteiger partial charge in [0.1, 0.15) is 5.75 Å². The molecule has 1 fully saturated rings. The summed E-state index contributed by atoms with van der Waals surface area (Å²) in [6.45, 7) is 3.88. The second kappa shape index (κ2) is 7.82. The Bertz CT molecular complexity index is 530. The third kappa shape index (κ3) is 4.00. The second-order valence-corrected chi connectivity index (χ2v) is 5.59. The van der Waals surface area contributed by atoms with Gasteiger partial charge in [0, 0.05) is 26.1 Å². The average molecular weight is 304 g/mol. The van der Waals surface area contributed by atoms with E-state index in [0.717, 1.165) is 30.7 Å². The Kier molecular flexibility index (Phi) is 5.81. The predicted molar refractivity (Wildman–Crippen MR) is 84.7 cm³/mol. The van der Waals surface area contributed by atoms with Crippen LogP contribution in [0.4, 0.5) is 0 Å². The SMILES string of the molecule is CCCN1CC(C(=O)NCCc2ccccc2OC)CC1=O. The third-order valence-electron chi connectivity index (χ3n) is 3.96. The molecule has 0 bridgehead atoms. The van der Waals surface area contributed by atoms with Gasteiger partial charge in [-0.3, -0.25) is 9.59 Å². The van der Waals surface area contributed by atoms with E-state index in [2.05, 4.69) is 5.32 Å². The van der Waals surface area contributed by atoms with E-state index >= 15 is 0 Å². The number of benzene rings is 1. The maximum absolute atomic E-state index is 12.2. The van der Waals surface area contributed by atoms with Gasteiger partial charge in [-0.05, 0) is 24.5 Å². The minimum atomic E-state index is -0.211. The van der Waals surface area contributed by atoms with Gasteiger partial charge < -0.3 is 15.0 Å². The van der Waals surface area contributed by atoms with Crippen molar-refractivity contribution in [2.24, 2.45) is 5.92 Å². The number of para-hydroxylation sites is 1. The number of amides is 2. The van der Waals surface area contributed by atoms with E-state index in [0.29, 0.717) is 19.5 Å². The molecule has 1 aromatic rings. The van der Waals surface area contributed by atoms with Crippen molar-refractivity contribution in [3.63, 3.8) is 0 Å². The normalized spacial score (nSPS) is 17.6. The molecule has 1 unspecified atom stereocenters. The van der Waals surface area contributed by atoms with Crippen LogP contribution in [0.15, 0.2) is 24.3 Å². The van der Waals surface area contributed by atoms with Gasteiger partial charge in [0.15, 0.2) is 0 Å². The van der Waals surface area contributed by atoms with Crippen molar-refractivity contribution in [1.82, 2.24) is 10.2 Å². The molecule has 1 heterocycles. The lowest BCUT2D eigenvalue weighted by molar-refractivity contribution is -0.129. The standard InChI is InChI=1S/C17H24N2O3/c1-3-10-19-12-14(11-16(19)20)17(21)18-9-8-13-6-4-5-7-15(13)22-2/h4-7,14H,3,8-12H2,1-2H3,(H,18,21). The van der Waals surface area contributed by atoms with Crippen molar-refractivity contribution in [3.8, 4) is 5.75 Å². The molecule has 2 rings (SSSR count). The van der Waals surface area contributed by atoms with Crippen molar-refractivity contribution >= 4 is 11.8 Å². The lowest BCUT2D eigenvalue weighted by Crippen LogP contribution is -2.34. The van der Waals surface area contributed by atoms with E-state index in [1.54, 1.807) is 12.0 Å². The highest BCUT2D eigenvalue weighted by Crippen LogP contribution is 2.19. The van der Waals surface area contributed by atoms with Gasteiger partial charge in [-0.15, -0.1) is 0 Å². The van der Waals surface area contributed by atoms with Gasteiger partial charge >= 0.3 is 0 Å². The van der Waals surface area contributed by atoms with Crippen molar-refractivity contribution in [1.29, 1.82) is 0 Å². The van der Waals surface area contributed by atoms with Crippen LogP contribution in [0.2, 0.25) is 0 Å². The van der Waals surface area contributed by atoms with Crippen LogP contribution in [0, 0.1) is 5.92 Å². The quantitative estimate of drug-likeness (QED) is 0.832. The number of hydrogen-bond donors (Lipinski definition) is 1. The Morgan fingerprint density at radius 1 is 1.41 bits per heavy atom. The van der Waals surface area contributed by atoms with Gasteiger partial charge in [-0.1, -0.05) is 25.1 Å². The first-order chi connectivity index (χ1) is 10.7. The summed E-state index contributed by atoms with van der Waals surface area (Å²) >= 11 is 0. The number of ether oxygens (including phenoxy) is 1. The van der Waals surface area contributed by atoms with E-state index in [1.807, 2.05) is 31.2 Å². The van der Waals surface area contributed by atoms with Crippen LogP contribution in [0.25, 0.3) is 0 Å². The van der Waals surface area contributed by atoms with Crippen LogP contribution in [0.5, 0.6) is 5.75 Å². The van der Waals surface area contributed by atoms with Crippen molar-refractivity contribution in [2.75, 3.05) is 26.7 Å². The Morgan fingerprint density at radius 3 is 2.91 bits per heavy atom. The largest absolute Gasteiger partial charge is 0.496 e. The zero-order valence-corrected chi connectivity index (χ0v) is 13.3. The summed E-state index contributed by atoms with van der Waals surface area (Å²) in [6.07, 6.45) is 1.98. The highest BCUT2D eigenvalue weighted by Gasteiger charge is 2.33. The smallest absolute Gasteiger partial charge is 0.225 e. The van der Waals surface area contributed by atoms with Crippen LogP contribution < -0.4 is 10.1 Å². The average Bonchev–Trinajstić information content (AvgIpc) is 2.89. The topological polar surface area (TPSA) is 58.6 Å². The molecular weight excluding hydrogens is 280 g/mol. The number of methoxy groups -OCH3 is 1. The summed E-state index contributed by atoms with van der Waals surface area (Å²) in [6, 6.07) is 7.79. The lowest BCUT2D eigenvalue weighted by atomic mass is 10.1. The molecule has 5 heteroatoms. The first kappa shape index (κ1) is 16.3. The molecule has 2 amide bonds. The lowest BCUT2D eigenvalue weighted by Gasteiger charge is -2.15. The van der Waals surface area contributed by atoms with Crippen molar-refractivity contribution in [2.45, 2.75) is 26.2 Å². The molecule has 0 radical (unpaired) electrons. The van der Waals surface area contributed by atoms with Crippen molar-refractivity contribution < 1.29 is 14.3 Å². The summed E-state index contributed by atoms with van der Waals surface area (Å²) in [5.41, 5.74) is 1.07. The van der Waals surface area contributed by atoms with Gasteiger partial charge in [0.2, 0.25) is 11.8 Å². The van der Waals surface area contributed by atoms with Gasteiger partial charge in [-0.25, -0.2) is 0 Å². The molecule has 120 valence electrons. The van der Waals surface area contributed by atoms with Crippen molar-refractivity contribution in [3.05, 3.63) is 29.8 Å². The predicted octanol–water partition coefficient (Wildman–Crippen LogP) is 1.61. The summed E-state index contributed by atoms with van der Waals surface area (Å²) in [4.78, 5) is 25.7. The molecule has 22 heavy (non-hydrogen) atoms. The fraction of sp³-hybridized carbons (Fsp3) is 0.529. The van der Waals surface area contributed by atoms with Crippen LogP contribution in [0.1, 0.15) is 25.3 Å². The second-order valence-electron chi connectivity index (χ2n) is 5.59. The first-order valence-electron chi connectivity index (χ1n) is 7.83. The van der Waals surface area contributed by atoms with Gasteiger partial charge in [0.25, 0.3) is 0 Å².